The highest BCUT2D eigenvalue weighted by molar-refractivity contribution is 7.99. The number of hydrogen-bond donors (Lipinski definition) is 1. The van der Waals surface area contributed by atoms with Crippen LogP contribution in [0.15, 0.2) is 11.1 Å². The second kappa shape index (κ2) is 5.11. The molecule has 1 aromatic heterocycles. The van der Waals surface area contributed by atoms with Gasteiger partial charge in [0.05, 0.1) is 12.2 Å². The van der Waals surface area contributed by atoms with Crippen LogP contribution >= 0.6 is 11.8 Å². The molecular formula is C10H12FNO2S. The van der Waals surface area contributed by atoms with Gasteiger partial charge in [0.1, 0.15) is 5.03 Å². The minimum atomic E-state index is -1.01. The zero-order valence-electron chi connectivity index (χ0n) is 8.58. The molecule has 0 fully saturated rings. The van der Waals surface area contributed by atoms with Crippen LogP contribution in [0.2, 0.25) is 0 Å². The molecule has 3 nitrogen and oxygen atoms in total. The maximum atomic E-state index is 12.0. The van der Waals surface area contributed by atoms with Crippen molar-refractivity contribution in [3.8, 4) is 0 Å². The summed E-state index contributed by atoms with van der Waals surface area (Å²) in [4.78, 5) is 15.1. The van der Waals surface area contributed by atoms with Crippen molar-refractivity contribution in [3.63, 3.8) is 0 Å². The first-order chi connectivity index (χ1) is 7.06. The third-order valence-corrected chi connectivity index (χ3v) is 2.77. The summed E-state index contributed by atoms with van der Waals surface area (Å²) in [6.45, 7) is 3.02. The molecule has 1 aromatic rings. The Morgan fingerprint density at radius 3 is 2.80 bits per heavy atom. The first-order valence-electron chi connectivity index (χ1n) is 4.46. The number of alkyl halides is 1. The summed E-state index contributed by atoms with van der Waals surface area (Å²) in [5.41, 5.74) is 1.59. The van der Waals surface area contributed by atoms with Crippen molar-refractivity contribution in [3.05, 3.63) is 22.9 Å². The first-order valence-corrected chi connectivity index (χ1v) is 5.45. The third kappa shape index (κ3) is 2.92. The maximum Gasteiger partial charge on any atom is 0.338 e. The molecule has 0 aliphatic carbocycles. The molecule has 0 radical (unpaired) electrons. The van der Waals surface area contributed by atoms with Gasteiger partial charge in [0, 0.05) is 11.4 Å². The summed E-state index contributed by atoms with van der Waals surface area (Å²) in [7, 11) is 0. The van der Waals surface area contributed by atoms with Gasteiger partial charge in [0.25, 0.3) is 0 Å². The molecule has 0 unspecified atom stereocenters. The lowest BCUT2D eigenvalue weighted by Crippen LogP contribution is -2.05. The number of hydrogen-bond acceptors (Lipinski definition) is 3. The predicted octanol–water partition coefficient (Wildman–Crippen LogP) is 2.46. The number of carboxylic acids is 1. The van der Waals surface area contributed by atoms with Crippen LogP contribution in [0.3, 0.4) is 0 Å². The number of pyridine rings is 1. The highest BCUT2D eigenvalue weighted by atomic mass is 32.2. The molecule has 1 rings (SSSR count). The molecule has 5 heteroatoms. The van der Waals surface area contributed by atoms with Crippen LogP contribution in [0, 0.1) is 13.8 Å². The van der Waals surface area contributed by atoms with E-state index in [0.29, 0.717) is 10.6 Å². The lowest BCUT2D eigenvalue weighted by Gasteiger charge is -2.08. The van der Waals surface area contributed by atoms with Crippen molar-refractivity contribution in [1.29, 1.82) is 0 Å². The lowest BCUT2D eigenvalue weighted by atomic mass is 10.1. The Labute approximate surface area is 91.7 Å². The average molecular weight is 229 g/mol. The van der Waals surface area contributed by atoms with Crippen molar-refractivity contribution in [2.24, 2.45) is 0 Å². The van der Waals surface area contributed by atoms with Gasteiger partial charge in [-0.25, -0.2) is 9.78 Å². The van der Waals surface area contributed by atoms with Gasteiger partial charge >= 0.3 is 5.97 Å². The van der Waals surface area contributed by atoms with Crippen LogP contribution in [0.5, 0.6) is 0 Å². The molecule has 0 saturated heterocycles. The summed E-state index contributed by atoms with van der Waals surface area (Å²) < 4.78 is 12.0. The van der Waals surface area contributed by atoms with Gasteiger partial charge in [0.2, 0.25) is 0 Å². The molecule has 0 aliphatic heterocycles. The van der Waals surface area contributed by atoms with Crippen LogP contribution in [-0.2, 0) is 0 Å². The van der Waals surface area contributed by atoms with E-state index in [-0.39, 0.29) is 11.3 Å². The van der Waals surface area contributed by atoms with Crippen LogP contribution in [-0.4, -0.2) is 28.5 Å². The van der Waals surface area contributed by atoms with E-state index < -0.39 is 12.6 Å². The molecule has 1 heterocycles. The average Bonchev–Trinajstić information content (AvgIpc) is 2.12. The summed E-state index contributed by atoms with van der Waals surface area (Å²) in [5.74, 6) is -0.780. The number of aromatic carboxylic acids is 1. The molecule has 0 bridgehead atoms. The SMILES string of the molecule is Cc1cc(C)c(C(=O)O)c(SCCF)n1. The molecule has 0 saturated carbocycles. The zero-order chi connectivity index (χ0) is 11.4. The molecule has 0 atom stereocenters. The summed E-state index contributed by atoms with van der Waals surface area (Å²) in [6.07, 6.45) is 0. The van der Waals surface area contributed by atoms with Crippen molar-refractivity contribution >= 4 is 17.7 Å². The third-order valence-electron chi connectivity index (χ3n) is 1.84. The van der Waals surface area contributed by atoms with Crippen LogP contribution < -0.4 is 0 Å². The normalized spacial score (nSPS) is 10.3. The second-order valence-corrected chi connectivity index (χ2v) is 4.19. The Kier molecular flexibility index (Phi) is 4.08. The van der Waals surface area contributed by atoms with E-state index in [4.69, 9.17) is 5.11 Å². The fraction of sp³-hybridized carbons (Fsp3) is 0.400. The minimum absolute atomic E-state index is 0.180. The molecule has 0 aromatic carbocycles. The molecule has 15 heavy (non-hydrogen) atoms. The predicted molar refractivity (Wildman–Crippen MR) is 57.4 cm³/mol. The van der Waals surface area contributed by atoms with E-state index in [1.807, 2.05) is 0 Å². The number of carboxylic acid groups (broad SMARTS) is 1. The summed E-state index contributed by atoms with van der Waals surface area (Å²) >= 11 is 1.14. The van der Waals surface area contributed by atoms with Gasteiger partial charge < -0.3 is 5.11 Å². The van der Waals surface area contributed by atoms with Gasteiger partial charge in [-0.2, -0.15) is 0 Å². The van der Waals surface area contributed by atoms with Crippen molar-refractivity contribution in [2.75, 3.05) is 12.4 Å². The Morgan fingerprint density at radius 1 is 1.60 bits per heavy atom. The monoisotopic (exact) mass is 229 g/mol. The highest BCUT2D eigenvalue weighted by Crippen LogP contribution is 2.24. The van der Waals surface area contributed by atoms with Gasteiger partial charge in [-0.1, -0.05) is 0 Å². The maximum absolute atomic E-state index is 12.0. The Balaban J connectivity index is 3.14. The smallest absolute Gasteiger partial charge is 0.338 e. The van der Waals surface area contributed by atoms with Crippen molar-refractivity contribution in [2.45, 2.75) is 18.9 Å². The number of carbonyl (C=O) groups is 1. The van der Waals surface area contributed by atoms with Crippen LogP contribution in [0.1, 0.15) is 21.6 Å². The van der Waals surface area contributed by atoms with Crippen molar-refractivity contribution < 1.29 is 14.3 Å². The van der Waals surface area contributed by atoms with Gasteiger partial charge in [-0.15, -0.1) is 11.8 Å². The molecule has 0 aliphatic rings. The van der Waals surface area contributed by atoms with Gasteiger partial charge in [-0.05, 0) is 25.5 Å². The summed E-state index contributed by atoms with van der Waals surface area (Å²) in [5, 5.41) is 9.39. The van der Waals surface area contributed by atoms with E-state index in [1.54, 1.807) is 19.9 Å². The highest BCUT2D eigenvalue weighted by Gasteiger charge is 2.15. The second-order valence-electron chi connectivity index (χ2n) is 3.10. The standard InChI is InChI=1S/C10H12FNO2S/c1-6-5-7(2)12-9(15-4-3-11)8(6)10(13)14/h5H,3-4H2,1-2H3,(H,13,14). The molecule has 0 spiro atoms. The fourth-order valence-electron chi connectivity index (χ4n) is 1.30. The quantitative estimate of drug-likeness (QED) is 0.806. The van der Waals surface area contributed by atoms with Crippen molar-refractivity contribution in [1.82, 2.24) is 4.98 Å². The lowest BCUT2D eigenvalue weighted by molar-refractivity contribution is 0.0691. The Morgan fingerprint density at radius 2 is 2.27 bits per heavy atom. The van der Waals surface area contributed by atoms with Gasteiger partial charge in [-0.3, -0.25) is 4.39 Å². The Hall–Kier alpha value is -1.10. The molecule has 82 valence electrons. The molecular weight excluding hydrogens is 217 g/mol. The number of nitrogens with zero attached hydrogens (tertiary/aromatic N) is 1. The van der Waals surface area contributed by atoms with E-state index in [9.17, 15) is 9.18 Å². The molecule has 0 amide bonds. The van der Waals surface area contributed by atoms with Gasteiger partial charge in [0.15, 0.2) is 0 Å². The van der Waals surface area contributed by atoms with E-state index >= 15 is 0 Å². The minimum Gasteiger partial charge on any atom is -0.478 e. The summed E-state index contributed by atoms with van der Waals surface area (Å²) in [6, 6.07) is 1.71. The van der Waals surface area contributed by atoms with E-state index in [2.05, 4.69) is 4.98 Å². The van der Waals surface area contributed by atoms with E-state index in [0.717, 1.165) is 17.5 Å². The fourth-order valence-corrected chi connectivity index (χ4v) is 2.17. The topological polar surface area (TPSA) is 50.2 Å². The molecule has 1 N–H and O–H groups in total. The largest absolute Gasteiger partial charge is 0.478 e. The number of aromatic nitrogens is 1. The number of rotatable bonds is 4. The number of thioether (sulfide) groups is 1. The number of halogens is 1. The number of aryl methyl sites for hydroxylation is 2. The Bertz CT molecular complexity index is 382. The van der Waals surface area contributed by atoms with E-state index in [1.165, 1.54) is 0 Å². The van der Waals surface area contributed by atoms with Crippen LogP contribution in [0.4, 0.5) is 4.39 Å². The zero-order valence-corrected chi connectivity index (χ0v) is 9.40. The first kappa shape index (κ1) is 12.0. The van der Waals surface area contributed by atoms with Crippen LogP contribution in [0.25, 0.3) is 0 Å².